The number of carbonyl (C=O) groups excluding carboxylic acids is 2. The highest BCUT2D eigenvalue weighted by atomic mass is 16.6. The fourth-order valence-corrected chi connectivity index (χ4v) is 3.92. The number of carboxylic acid groups (broad SMARTS) is 1. The van der Waals surface area contributed by atoms with Crippen molar-refractivity contribution in [1.82, 2.24) is 10.2 Å². The number of hydrogen-bond donors (Lipinski definition) is 3. The minimum absolute atomic E-state index is 0.00363. The second-order valence-corrected chi connectivity index (χ2v) is 8.67. The van der Waals surface area contributed by atoms with Crippen molar-refractivity contribution in [3.63, 3.8) is 0 Å². The van der Waals surface area contributed by atoms with Crippen molar-refractivity contribution in [1.29, 1.82) is 0 Å². The van der Waals surface area contributed by atoms with Gasteiger partial charge >= 0.3 is 12.1 Å². The molecule has 2 fully saturated rings. The topological polar surface area (TPSA) is 116 Å². The van der Waals surface area contributed by atoms with Crippen LogP contribution >= 0.6 is 0 Å². The molecule has 3 atom stereocenters. The molecule has 1 heterocycles. The van der Waals surface area contributed by atoms with Crippen LogP contribution in [0.4, 0.5) is 4.79 Å². The highest BCUT2D eigenvalue weighted by Crippen LogP contribution is 2.29. The van der Waals surface area contributed by atoms with E-state index >= 15 is 0 Å². The average Bonchev–Trinajstić information content (AvgIpc) is 2.95. The van der Waals surface area contributed by atoms with E-state index in [1.165, 1.54) is 11.3 Å². The number of ether oxygens (including phenoxy) is 1. The summed E-state index contributed by atoms with van der Waals surface area (Å²) in [5.74, 6) is -1.30. The molecule has 1 aliphatic carbocycles. The third kappa shape index (κ3) is 6.37. The number of amides is 2. The number of nitrogens with one attached hydrogen (secondary N) is 1. The van der Waals surface area contributed by atoms with E-state index in [0.717, 1.165) is 25.7 Å². The first kappa shape index (κ1) is 21.5. The van der Waals surface area contributed by atoms with Gasteiger partial charge in [0.15, 0.2) is 0 Å². The fourth-order valence-electron chi connectivity index (χ4n) is 3.92. The summed E-state index contributed by atoms with van der Waals surface area (Å²) in [4.78, 5) is 37.9. The second-order valence-electron chi connectivity index (χ2n) is 8.67. The summed E-state index contributed by atoms with van der Waals surface area (Å²) in [6.07, 6.45) is 4.25. The highest BCUT2D eigenvalue weighted by molar-refractivity contribution is 5.90. The standard InChI is InChI=1S/C19H32N2O6/c1-19(2,3)27-18(26)20-14(9-12-7-5-4-6-8-12)16(23)21-11-13(22)10-15(21)17(24)25/h12-15,22H,4-11H2,1-3H3,(H,20,26)(H,24,25)/t13-,14?,15+/m1/s1. The van der Waals surface area contributed by atoms with Gasteiger partial charge in [0, 0.05) is 13.0 Å². The zero-order chi connectivity index (χ0) is 20.2. The van der Waals surface area contributed by atoms with E-state index in [1.54, 1.807) is 20.8 Å². The van der Waals surface area contributed by atoms with Crippen molar-refractivity contribution in [3.05, 3.63) is 0 Å². The minimum Gasteiger partial charge on any atom is -0.480 e. The number of carboxylic acids is 1. The van der Waals surface area contributed by atoms with Crippen molar-refractivity contribution in [2.24, 2.45) is 5.92 Å². The van der Waals surface area contributed by atoms with Gasteiger partial charge in [0.25, 0.3) is 0 Å². The van der Waals surface area contributed by atoms with E-state index in [-0.39, 0.29) is 13.0 Å². The maximum absolute atomic E-state index is 13.1. The third-order valence-corrected chi connectivity index (χ3v) is 5.13. The van der Waals surface area contributed by atoms with Gasteiger partial charge in [0.05, 0.1) is 6.10 Å². The second kappa shape index (κ2) is 8.91. The van der Waals surface area contributed by atoms with Crippen LogP contribution in [-0.4, -0.2) is 63.4 Å². The number of alkyl carbamates (subject to hydrolysis) is 1. The Morgan fingerprint density at radius 3 is 2.37 bits per heavy atom. The summed E-state index contributed by atoms with van der Waals surface area (Å²) >= 11 is 0. The largest absolute Gasteiger partial charge is 0.480 e. The normalized spacial score (nSPS) is 25.1. The van der Waals surface area contributed by atoms with Crippen LogP contribution in [0.2, 0.25) is 0 Å². The third-order valence-electron chi connectivity index (χ3n) is 5.13. The van der Waals surface area contributed by atoms with Crippen LogP contribution in [0, 0.1) is 5.92 Å². The summed E-state index contributed by atoms with van der Waals surface area (Å²) in [5.41, 5.74) is -0.698. The molecule has 2 aliphatic rings. The molecule has 0 aromatic heterocycles. The minimum atomic E-state index is -1.14. The molecule has 154 valence electrons. The summed E-state index contributed by atoms with van der Waals surface area (Å²) < 4.78 is 5.28. The van der Waals surface area contributed by atoms with Crippen molar-refractivity contribution in [3.8, 4) is 0 Å². The predicted octanol–water partition coefficient (Wildman–Crippen LogP) is 1.90. The van der Waals surface area contributed by atoms with Crippen LogP contribution < -0.4 is 5.32 Å². The maximum atomic E-state index is 13.1. The molecule has 8 heteroatoms. The van der Waals surface area contributed by atoms with Crippen LogP contribution in [0.1, 0.15) is 65.7 Å². The number of carbonyl (C=O) groups is 3. The zero-order valence-electron chi connectivity index (χ0n) is 16.4. The van der Waals surface area contributed by atoms with E-state index in [2.05, 4.69) is 5.32 Å². The number of aliphatic hydroxyl groups excluding tert-OH is 1. The van der Waals surface area contributed by atoms with E-state index in [4.69, 9.17) is 4.74 Å². The Bertz CT molecular complexity index is 553. The van der Waals surface area contributed by atoms with Gasteiger partial charge in [-0.2, -0.15) is 0 Å². The molecular formula is C19H32N2O6. The first-order valence-electron chi connectivity index (χ1n) is 9.77. The van der Waals surface area contributed by atoms with Crippen LogP contribution in [0.15, 0.2) is 0 Å². The number of nitrogens with zero attached hydrogens (tertiary/aromatic N) is 1. The van der Waals surface area contributed by atoms with Crippen LogP contribution in [-0.2, 0) is 14.3 Å². The van der Waals surface area contributed by atoms with Gasteiger partial charge in [-0.25, -0.2) is 9.59 Å². The first-order valence-corrected chi connectivity index (χ1v) is 9.77. The van der Waals surface area contributed by atoms with Crippen molar-refractivity contribution >= 4 is 18.0 Å². The Hall–Kier alpha value is -1.83. The van der Waals surface area contributed by atoms with Gasteiger partial charge in [-0.3, -0.25) is 4.79 Å². The van der Waals surface area contributed by atoms with E-state index in [9.17, 15) is 24.6 Å². The summed E-state index contributed by atoms with van der Waals surface area (Å²) in [7, 11) is 0. The fraction of sp³-hybridized carbons (Fsp3) is 0.842. The molecule has 1 saturated carbocycles. The number of likely N-dealkylation sites (tertiary alicyclic amines) is 1. The number of aliphatic carboxylic acids is 1. The maximum Gasteiger partial charge on any atom is 0.408 e. The molecule has 2 amide bonds. The Balaban J connectivity index is 2.12. The van der Waals surface area contributed by atoms with E-state index in [1.807, 2.05) is 0 Å². The van der Waals surface area contributed by atoms with E-state index < -0.39 is 41.8 Å². The molecule has 1 unspecified atom stereocenters. The van der Waals surface area contributed by atoms with Gasteiger partial charge in [-0.15, -0.1) is 0 Å². The molecule has 0 radical (unpaired) electrons. The molecule has 1 saturated heterocycles. The lowest BCUT2D eigenvalue weighted by Crippen LogP contribution is -2.53. The van der Waals surface area contributed by atoms with E-state index in [0.29, 0.717) is 12.3 Å². The van der Waals surface area contributed by atoms with Crippen molar-refractivity contribution < 1.29 is 29.3 Å². The Morgan fingerprint density at radius 1 is 1.19 bits per heavy atom. The van der Waals surface area contributed by atoms with Gasteiger partial charge in [0.2, 0.25) is 5.91 Å². The van der Waals surface area contributed by atoms with Crippen molar-refractivity contribution in [2.75, 3.05) is 6.54 Å². The SMILES string of the molecule is CC(C)(C)OC(=O)NC(CC1CCCCC1)C(=O)N1C[C@H](O)C[C@H]1C(=O)O. The lowest BCUT2D eigenvalue weighted by atomic mass is 9.84. The van der Waals surface area contributed by atoms with Crippen LogP contribution in [0.3, 0.4) is 0 Å². The summed E-state index contributed by atoms with van der Waals surface area (Å²) in [6, 6.07) is -1.92. The average molecular weight is 384 g/mol. The van der Waals surface area contributed by atoms with Gasteiger partial charge in [0.1, 0.15) is 17.7 Å². The molecule has 8 nitrogen and oxygen atoms in total. The van der Waals surface area contributed by atoms with Gasteiger partial charge in [-0.05, 0) is 33.1 Å². The molecule has 27 heavy (non-hydrogen) atoms. The number of rotatable bonds is 5. The molecule has 2 rings (SSSR count). The summed E-state index contributed by atoms with van der Waals surface area (Å²) in [6.45, 7) is 5.18. The molecule has 0 aromatic rings. The summed E-state index contributed by atoms with van der Waals surface area (Å²) in [5, 5.41) is 21.9. The van der Waals surface area contributed by atoms with Crippen LogP contribution in [0.25, 0.3) is 0 Å². The number of β-amino-alcohol motifs (C(OH)–C–C–N with tert-alkyl or cyclic N) is 1. The highest BCUT2D eigenvalue weighted by Gasteiger charge is 2.42. The zero-order valence-corrected chi connectivity index (χ0v) is 16.4. The monoisotopic (exact) mass is 384 g/mol. The first-order chi connectivity index (χ1) is 12.6. The predicted molar refractivity (Wildman–Crippen MR) is 98.1 cm³/mol. The quantitative estimate of drug-likeness (QED) is 0.667. The molecule has 3 N–H and O–H groups in total. The molecule has 1 aliphatic heterocycles. The number of aliphatic hydroxyl groups is 1. The molecule has 0 bridgehead atoms. The Kier molecular flexibility index (Phi) is 7.08. The lowest BCUT2D eigenvalue weighted by molar-refractivity contribution is -0.149. The molecule has 0 aromatic carbocycles. The van der Waals surface area contributed by atoms with Gasteiger partial charge < -0.3 is 25.2 Å². The van der Waals surface area contributed by atoms with Crippen molar-refractivity contribution in [2.45, 2.75) is 89.5 Å². The smallest absolute Gasteiger partial charge is 0.408 e. The van der Waals surface area contributed by atoms with Crippen LogP contribution in [0.5, 0.6) is 0 Å². The molecular weight excluding hydrogens is 352 g/mol. The van der Waals surface area contributed by atoms with Gasteiger partial charge in [-0.1, -0.05) is 32.1 Å². The molecule has 0 spiro atoms. The Morgan fingerprint density at radius 2 is 1.81 bits per heavy atom. The lowest BCUT2D eigenvalue weighted by Gasteiger charge is -2.31. The Labute approximate surface area is 160 Å². The number of hydrogen-bond acceptors (Lipinski definition) is 5.